The number of esters is 3. The fraction of sp³-hybridized carbons (Fsp3) is 0.681. The zero-order valence-corrected chi connectivity index (χ0v) is 50.9. The smallest absolute Gasteiger partial charge is 0.306 e. The lowest BCUT2D eigenvalue weighted by Gasteiger charge is -2.18. The highest BCUT2D eigenvalue weighted by Crippen LogP contribution is 2.16. The van der Waals surface area contributed by atoms with Gasteiger partial charge in [0.25, 0.3) is 0 Å². The quantitative estimate of drug-likeness (QED) is 0.0261. The molecule has 0 aliphatic rings. The monoisotopic (exact) mass is 1080 g/mol. The lowest BCUT2D eigenvalue weighted by Crippen LogP contribution is -2.30. The third kappa shape index (κ3) is 62.7. The maximum Gasteiger partial charge on any atom is 0.306 e. The first-order chi connectivity index (χ1) is 38.5. The second kappa shape index (κ2) is 65.3. The SMILES string of the molecule is CC/C=C\C/C=C\C/C=C\C/C=C\C/C=C\C/C=C\CCCCCCCCCCCCC(=O)OCC(COC(=O)CCCCCCCCCCCCCCCC)OC(=O)CCCCCC/C=C\C/C=C\C/C=C\C/C=C\CC. The summed E-state index contributed by atoms with van der Waals surface area (Å²) >= 11 is 0. The predicted molar refractivity (Wildman–Crippen MR) is 339 cm³/mol. The van der Waals surface area contributed by atoms with Crippen LogP contribution in [-0.4, -0.2) is 37.2 Å². The first kappa shape index (κ1) is 73.8. The van der Waals surface area contributed by atoms with E-state index in [1.165, 1.54) is 122 Å². The highest BCUT2D eigenvalue weighted by Gasteiger charge is 2.19. The highest BCUT2D eigenvalue weighted by molar-refractivity contribution is 5.71. The van der Waals surface area contributed by atoms with Gasteiger partial charge in [-0.3, -0.25) is 14.4 Å². The van der Waals surface area contributed by atoms with Crippen LogP contribution in [-0.2, 0) is 28.6 Å². The van der Waals surface area contributed by atoms with Gasteiger partial charge in [0.05, 0.1) is 0 Å². The molecule has 6 heteroatoms. The van der Waals surface area contributed by atoms with Crippen LogP contribution in [0.15, 0.2) is 122 Å². The predicted octanol–water partition coefficient (Wildman–Crippen LogP) is 22.4. The molecule has 0 spiro atoms. The molecule has 1 atom stereocenters. The molecule has 0 rings (SSSR count). The van der Waals surface area contributed by atoms with Gasteiger partial charge in [0, 0.05) is 19.3 Å². The number of rotatable bonds is 58. The summed E-state index contributed by atoms with van der Waals surface area (Å²) in [5.41, 5.74) is 0. The lowest BCUT2D eigenvalue weighted by atomic mass is 10.0. The molecule has 0 saturated carbocycles. The number of carbonyl (C=O) groups is 3. The number of carbonyl (C=O) groups excluding carboxylic acids is 3. The lowest BCUT2D eigenvalue weighted by molar-refractivity contribution is -0.167. The summed E-state index contributed by atoms with van der Waals surface area (Å²) in [6.07, 6.45) is 90.6. The van der Waals surface area contributed by atoms with Crippen LogP contribution < -0.4 is 0 Å². The van der Waals surface area contributed by atoms with E-state index >= 15 is 0 Å². The molecule has 0 aromatic carbocycles. The van der Waals surface area contributed by atoms with Crippen molar-refractivity contribution in [3.63, 3.8) is 0 Å². The third-order valence-corrected chi connectivity index (χ3v) is 13.7. The van der Waals surface area contributed by atoms with Crippen LogP contribution in [0.1, 0.15) is 297 Å². The Morgan fingerprint density at radius 3 is 0.782 bits per heavy atom. The van der Waals surface area contributed by atoms with Crippen LogP contribution in [0.5, 0.6) is 0 Å². The zero-order valence-electron chi connectivity index (χ0n) is 50.9. The Morgan fingerprint density at radius 2 is 0.500 bits per heavy atom. The molecule has 444 valence electrons. The van der Waals surface area contributed by atoms with Gasteiger partial charge >= 0.3 is 17.9 Å². The first-order valence-electron chi connectivity index (χ1n) is 32.5. The fourth-order valence-corrected chi connectivity index (χ4v) is 8.91. The van der Waals surface area contributed by atoms with Crippen LogP contribution in [0.4, 0.5) is 0 Å². The minimum absolute atomic E-state index is 0.0885. The summed E-state index contributed by atoms with van der Waals surface area (Å²) in [7, 11) is 0. The average Bonchev–Trinajstić information content (AvgIpc) is 3.44. The minimum Gasteiger partial charge on any atom is -0.462 e. The maximum absolute atomic E-state index is 12.9. The molecular formula is C72H120O6. The minimum atomic E-state index is -0.795. The topological polar surface area (TPSA) is 78.9 Å². The van der Waals surface area contributed by atoms with Crippen molar-refractivity contribution in [1.82, 2.24) is 0 Å². The van der Waals surface area contributed by atoms with Crippen molar-refractivity contribution in [2.75, 3.05) is 13.2 Å². The summed E-state index contributed by atoms with van der Waals surface area (Å²) in [4.78, 5) is 38.3. The van der Waals surface area contributed by atoms with Gasteiger partial charge in [0.15, 0.2) is 6.10 Å². The van der Waals surface area contributed by atoms with Gasteiger partial charge in [-0.15, -0.1) is 0 Å². The van der Waals surface area contributed by atoms with E-state index in [0.717, 1.165) is 135 Å². The van der Waals surface area contributed by atoms with Gasteiger partial charge in [-0.25, -0.2) is 0 Å². The van der Waals surface area contributed by atoms with E-state index in [2.05, 4.69) is 142 Å². The molecule has 0 aliphatic heterocycles. The molecular weight excluding hydrogens is 961 g/mol. The van der Waals surface area contributed by atoms with Crippen molar-refractivity contribution in [3.05, 3.63) is 122 Å². The summed E-state index contributed by atoms with van der Waals surface area (Å²) in [6.45, 7) is 6.41. The Hall–Kier alpha value is -4.19. The van der Waals surface area contributed by atoms with Crippen molar-refractivity contribution >= 4 is 17.9 Å². The average molecular weight is 1080 g/mol. The van der Waals surface area contributed by atoms with Gasteiger partial charge in [-0.2, -0.15) is 0 Å². The maximum atomic E-state index is 12.9. The molecule has 0 bridgehead atoms. The molecule has 0 heterocycles. The number of unbranched alkanes of at least 4 members (excludes halogenated alkanes) is 27. The van der Waals surface area contributed by atoms with Crippen LogP contribution in [0, 0.1) is 0 Å². The van der Waals surface area contributed by atoms with Crippen molar-refractivity contribution in [3.8, 4) is 0 Å². The highest BCUT2D eigenvalue weighted by atomic mass is 16.6. The fourth-order valence-electron chi connectivity index (χ4n) is 8.91. The van der Waals surface area contributed by atoms with Crippen molar-refractivity contribution < 1.29 is 28.6 Å². The van der Waals surface area contributed by atoms with E-state index in [0.29, 0.717) is 19.3 Å². The molecule has 1 unspecified atom stereocenters. The van der Waals surface area contributed by atoms with Crippen LogP contribution in [0.2, 0.25) is 0 Å². The summed E-state index contributed by atoms with van der Waals surface area (Å²) in [6, 6.07) is 0. The van der Waals surface area contributed by atoms with E-state index in [4.69, 9.17) is 14.2 Å². The van der Waals surface area contributed by atoms with E-state index < -0.39 is 6.10 Å². The summed E-state index contributed by atoms with van der Waals surface area (Å²) in [5.74, 6) is -0.910. The molecule has 0 N–H and O–H groups in total. The van der Waals surface area contributed by atoms with Gasteiger partial charge in [-0.05, 0) is 109 Å². The van der Waals surface area contributed by atoms with Crippen molar-refractivity contribution in [2.45, 2.75) is 303 Å². The molecule has 0 fully saturated rings. The largest absolute Gasteiger partial charge is 0.462 e. The molecule has 0 aromatic rings. The molecule has 0 saturated heterocycles. The normalized spacial score (nSPS) is 12.9. The molecule has 78 heavy (non-hydrogen) atoms. The molecule has 0 aromatic heterocycles. The number of allylic oxidation sites excluding steroid dienone is 20. The van der Waals surface area contributed by atoms with Crippen LogP contribution in [0.3, 0.4) is 0 Å². The van der Waals surface area contributed by atoms with Gasteiger partial charge in [0.2, 0.25) is 0 Å². The van der Waals surface area contributed by atoms with Crippen LogP contribution in [0.25, 0.3) is 0 Å². The third-order valence-electron chi connectivity index (χ3n) is 13.7. The number of hydrogen-bond donors (Lipinski definition) is 0. The molecule has 6 nitrogen and oxygen atoms in total. The zero-order chi connectivity index (χ0) is 56.4. The van der Waals surface area contributed by atoms with E-state index in [-0.39, 0.29) is 31.1 Å². The Bertz CT molecular complexity index is 1620. The molecule has 0 radical (unpaired) electrons. The second-order valence-electron chi connectivity index (χ2n) is 21.3. The second-order valence-corrected chi connectivity index (χ2v) is 21.3. The number of ether oxygens (including phenoxy) is 3. The van der Waals surface area contributed by atoms with Crippen LogP contribution >= 0.6 is 0 Å². The standard InChI is InChI=1S/C72H120O6/c1-4-7-10-13-16-19-22-25-28-30-31-32-33-34-35-36-37-38-39-40-41-43-44-47-50-53-56-59-62-65-71(74)77-68-69(67-76-70(73)64-61-58-55-52-49-46-27-24-21-18-15-12-9-6-3)78-72(75)66-63-60-57-54-51-48-45-42-29-26-23-20-17-14-11-8-5-2/h7-8,10-11,16-17,19-20,25-26,28-29,31-32,34-35,37-38,45,48,69H,4-6,9,12-15,18,21-24,27,30,33,36,39-44,46-47,49-68H2,1-3H3/b10-7-,11-8-,19-16-,20-17-,28-25-,29-26-,32-31-,35-34-,38-37-,48-45-. The van der Waals surface area contributed by atoms with Gasteiger partial charge in [-0.1, -0.05) is 290 Å². The van der Waals surface area contributed by atoms with Gasteiger partial charge < -0.3 is 14.2 Å². The van der Waals surface area contributed by atoms with Crippen molar-refractivity contribution in [1.29, 1.82) is 0 Å². The van der Waals surface area contributed by atoms with Gasteiger partial charge in [0.1, 0.15) is 13.2 Å². The Morgan fingerprint density at radius 1 is 0.269 bits per heavy atom. The number of hydrogen-bond acceptors (Lipinski definition) is 6. The Labute approximate surface area is 482 Å². The Kier molecular flexibility index (Phi) is 61.8. The summed E-state index contributed by atoms with van der Waals surface area (Å²) < 4.78 is 16.9. The Balaban J connectivity index is 4.33. The van der Waals surface area contributed by atoms with Crippen molar-refractivity contribution in [2.24, 2.45) is 0 Å². The van der Waals surface area contributed by atoms with E-state index in [1.54, 1.807) is 0 Å². The van der Waals surface area contributed by atoms with E-state index in [9.17, 15) is 14.4 Å². The first-order valence-corrected chi connectivity index (χ1v) is 32.5. The van der Waals surface area contributed by atoms with E-state index in [1.807, 2.05) is 0 Å². The molecule has 0 amide bonds. The molecule has 0 aliphatic carbocycles. The summed E-state index contributed by atoms with van der Waals surface area (Å²) in [5, 5.41) is 0.